The Hall–Kier alpha value is -1.74. The fraction of sp³-hybridized carbons (Fsp3) is 0.429. The molecule has 1 aliphatic carbocycles. The third kappa shape index (κ3) is 4.26. The van der Waals surface area contributed by atoms with Crippen molar-refractivity contribution in [2.24, 2.45) is 0 Å². The smallest absolute Gasteiger partial charge is 0.211 e. The zero-order valence-corrected chi connectivity index (χ0v) is 17.9. The van der Waals surface area contributed by atoms with E-state index in [2.05, 4.69) is 16.9 Å². The molecule has 8 heteroatoms. The van der Waals surface area contributed by atoms with Crippen molar-refractivity contribution < 1.29 is 16.8 Å². The molecule has 1 saturated heterocycles. The molecule has 0 bridgehead atoms. The Bertz CT molecular complexity index is 1070. The van der Waals surface area contributed by atoms with Crippen molar-refractivity contribution in [1.82, 2.24) is 9.03 Å². The Labute approximate surface area is 173 Å². The summed E-state index contributed by atoms with van der Waals surface area (Å²) >= 11 is 0. The van der Waals surface area contributed by atoms with E-state index >= 15 is 0 Å². The molecule has 0 saturated carbocycles. The number of sulfonamides is 2. The summed E-state index contributed by atoms with van der Waals surface area (Å²) in [4.78, 5) is 0.224. The second kappa shape index (κ2) is 8.18. The molecule has 1 atom stereocenters. The number of aryl methyl sites for hydroxylation is 1. The Kier molecular flexibility index (Phi) is 5.79. The lowest BCUT2D eigenvalue weighted by molar-refractivity contribution is 0.477. The highest BCUT2D eigenvalue weighted by Crippen LogP contribution is 2.31. The number of rotatable bonds is 6. The van der Waals surface area contributed by atoms with Gasteiger partial charge in [0, 0.05) is 19.6 Å². The van der Waals surface area contributed by atoms with E-state index < -0.39 is 20.0 Å². The van der Waals surface area contributed by atoms with Gasteiger partial charge in [-0.3, -0.25) is 0 Å². The van der Waals surface area contributed by atoms with Gasteiger partial charge in [0.15, 0.2) is 0 Å². The summed E-state index contributed by atoms with van der Waals surface area (Å²) < 4.78 is 54.8. The molecule has 0 aromatic heterocycles. The lowest BCUT2D eigenvalue weighted by Gasteiger charge is -2.25. The predicted molar refractivity (Wildman–Crippen MR) is 112 cm³/mol. The van der Waals surface area contributed by atoms with E-state index in [9.17, 15) is 16.8 Å². The van der Waals surface area contributed by atoms with Crippen LogP contribution in [-0.4, -0.2) is 40.8 Å². The first-order valence-electron chi connectivity index (χ1n) is 10.1. The Balaban J connectivity index is 1.47. The molecule has 1 unspecified atom stereocenters. The first kappa shape index (κ1) is 20.5. The average Bonchev–Trinajstić information content (AvgIpc) is 3.28. The number of nitrogens with one attached hydrogen (secondary N) is 1. The van der Waals surface area contributed by atoms with Crippen molar-refractivity contribution in [2.75, 3.05) is 19.6 Å². The van der Waals surface area contributed by atoms with E-state index in [-0.39, 0.29) is 15.7 Å². The van der Waals surface area contributed by atoms with Crippen molar-refractivity contribution in [3.63, 3.8) is 0 Å². The van der Waals surface area contributed by atoms with Gasteiger partial charge in [-0.15, -0.1) is 0 Å². The van der Waals surface area contributed by atoms with Gasteiger partial charge >= 0.3 is 0 Å². The fourth-order valence-electron chi connectivity index (χ4n) is 4.23. The van der Waals surface area contributed by atoms with Crippen molar-refractivity contribution in [2.45, 2.75) is 47.8 Å². The summed E-state index contributed by atoms with van der Waals surface area (Å²) in [7, 11) is -7.25. The molecule has 1 aliphatic heterocycles. The number of fused-ring (bicyclic) bond motifs is 1. The molecule has 0 radical (unpaired) electrons. The molecule has 1 N–H and O–H groups in total. The molecular formula is C21H26N2O4S2. The van der Waals surface area contributed by atoms with Gasteiger partial charge in [0.2, 0.25) is 20.0 Å². The summed E-state index contributed by atoms with van der Waals surface area (Å²) in [6.07, 6.45) is 4.76. The van der Waals surface area contributed by atoms with Crippen molar-refractivity contribution in [3.05, 3.63) is 59.7 Å². The van der Waals surface area contributed by atoms with Gasteiger partial charge in [0.25, 0.3) is 0 Å². The van der Waals surface area contributed by atoms with Gasteiger partial charge < -0.3 is 0 Å². The minimum Gasteiger partial charge on any atom is -0.211 e. The highest BCUT2D eigenvalue weighted by Gasteiger charge is 2.28. The summed E-state index contributed by atoms with van der Waals surface area (Å²) in [5, 5.41) is 0. The molecule has 0 spiro atoms. The minimum atomic E-state index is -3.70. The van der Waals surface area contributed by atoms with Crippen LogP contribution in [-0.2, 0) is 26.5 Å². The first-order chi connectivity index (χ1) is 13.9. The number of nitrogens with zero attached hydrogens (tertiary/aromatic N) is 1. The fourth-order valence-corrected chi connectivity index (χ4v) is 6.83. The Morgan fingerprint density at radius 1 is 0.862 bits per heavy atom. The molecular weight excluding hydrogens is 408 g/mol. The monoisotopic (exact) mass is 434 g/mol. The van der Waals surface area contributed by atoms with Crippen molar-refractivity contribution in [1.29, 1.82) is 0 Å². The van der Waals surface area contributed by atoms with E-state index in [1.807, 2.05) is 12.1 Å². The number of benzene rings is 2. The van der Waals surface area contributed by atoms with Crippen LogP contribution in [0.4, 0.5) is 0 Å². The second-order valence-corrected chi connectivity index (χ2v) is 11.4. The van der Waals surface area contributed by atoms with Crippen LogP contribution in [0.2, 0.25) is 0 Å². The molecule has 6 nitrogen and oxygen atoms in total. The zero-order chi connectivity index (χ0) is 20.5. The normalized spacial score (nSPS) is 20.5. The molecule has 0 amide bonds. The molecule has 1 heterocycles. The lowest BCUT2D eigenvalue weighted by Crippen LogP contribution is -2.30. The van der Waals surface area contributed by atoms with Crippen LogP contribution in [0.15, 0.2) is 58.3 Å². The molecule has 1 fully saturated rings. The topological polar surface area (TPSA) is 83.5 Å². The third-order valence-corrected chi connectivity index (χ3v) is 9.20. The standard InChI is InChI=1S/C21H26N2O4S2/c24-28(25,22-16-18-8-5-7-17-6-1-2-9-21(17)18)19-10-12-20(13-11-19)29(26,27)23-14-3-4-15-23/h1-2,6,9-13,18,22H,3-5,7-8,14-16H2. The maximum atomic E-state index is 12.7. The van der Waals surface area contributed by atoms with Crippen LogP contribution in [0.1, 0.15) is 42.7 Å². The van der Waals surface area contributed by atoms with Crippen molar-refractivity contribution >= 4 is 20.0 Å². The van der Waals surface area contributed by atoms with Gasteiger partial charge in [-0.05, 0) is 73.4 Å². The molecule has 156 valence electrons. The number of hydrogen-bond acceptors (Lipinski definition) is 4. The molecule has 2 aliphatic rings. The maximum Gasteiger partial charge on any atom is 0.243 e. The molecule has 4 rings (SSSR count). The summed E-state index contributed by atoms with van der Waals surface area (Å²) in [5.41, 5.74) is 2.51. The largest absolute Gasteiger partial charge is 0.243 e. The maximum absolute atomic E-state index is 12.7. The summed E-state index contributed by atoms with van der Waals surface area (Å²) in [6.45, 7) is 1.38. The van der Waals surface area contributed by atoms with Gasteiger partial charge in [-0.25, -0.2) is 21.6 Å². The quantitative estimate of drug-likeness (QED) is 0.758. The first-order valence-corrected chi connectivity index (χ1v) is 13.0. The molecule has 2 aromatic carbocycles. The van der Waals surface area contributed by atoms with Crippen LogP contribution in [0.5, 0.6) is 0 Å². The summed E-state index contributed by atoms with van der Waals surface area (Å²) in [6, 6.07) is 13.7. The SMILES string of the molecule is O=S(=O)(NCC1CCCc2ccccc21)c1ccc(S(=O)(=O)N2CCCC2)cc1. The van der Waals surface area contributed by atoms with E-state index in [0.29, 0.717) is 19.6 Å². The van der Waals surface area contributed by atoms with E-state index in [1.54, 1.807) is 0 Å². The van der Waals surface area contributed by atoms with Crippen LogP contribution >= 0.6 is 0 Å². The Morgan fingerprint density at radius 2 is 1.52 bits per heavy atom. The van der Waals surface area contributed by atoms with Gasteiger partial charge in [-0.2, -0.15) is 4.31 Å². The Morgan fingerprint density at radius 3 is 2.24 bits per heavy atom. The van der Waals surface area contributed by atoms with E-state index in [0.717, 1.165) is 32.1 Å². The van der Waals surface area contributed by atoms with E-state index in [4.69, 9.17) is 0 Å². The van der Waals surface area contributed by atoms with Crippen LogP contribution < -0.4 is 4.72 Å². The van der Waals surface area contributed by atoms with Crippen LogP contribution in [0.3, 0.4) is 0 Å². The van der Waals surface area contributed by atoms with Crippen LogP contribution in [0, 0.1) is 0 Å². The summed E-state index contributed by atoms with van der Waals surface area (Å²) in [5.74, 6) is 0.157. The molecule has 2 aromatic rings. The average molecular weight is 435 g/mol. The highest BCUT2D eigenvalue weighted by molar-refractivity contribution is 7.89. The van der Waals surface area contributed by atoms with Crippen LogP contribution in [0.25, 0.3) is 0 Å². The third-order valence-electron chi connectivity index (χ3n) is 5.85. The highest BCUT2D eigenvalue weighted by atomic mass is 32.2. The minimum absolute atomic E-state index is 0.0852. The lowest BCUT2D eigenvalue weighted by atomic mass is 9.83. The van der Waals surface area contributed by atoms with Crippen molar-refractivity contribution in [3.8, 4) is 0 Å². The molecule has 29 heavy (non-hydrogen) atoms. The number of hydrogen-bond donors (Lipinski definition) is 1. The van der Waals surface area contributed by atoms with Gasteiger partial charge in [-0.1, -0.05) is 24.3 Å². The second-order valence-electron chi connectivity index (χ2n) is 7.72. The van der Waals surface area contributed by atoms with Gasteiger partial charge in [0.05, 0.1) is 9.79 Å². The zero-order valence-electron chi connectivity index (χ0n) is 16.2. The van der Waals surface area contributed by atoms with E-state index in [1.165, 1.54) is 39.7 Å². The predicted octanol–water partition coefficient (Wildman–Crippen LogP) is 2.87. The van der Waals surface area contributed by atoms with Gasteiger partial charge in [0.1, 0.15) is 0 Å².